The highest BCUT2D eigenvalue weighted by Gasteiger charge is 2.54. The highest BCUT2D eigenvalue weighted by Crippen LogP contribution is 2.51. The summed E-state index contributed by atoms with van der Waals surface area (Å²) in [5, 5.41) is 45.1. The number of nitrogens with two attached hydrogens (primary N) is 1. The molecule has 0 spiro atoms. The summed E-state index contributed by atoms with van der Waals surface area (Å²) < 4.78 is 4.60. The van der Waals surface area contributed by atoms with Gasteiger partial charge in [-0.3, -0.25) is 24.1 Å². The highest BCUT2D eigenvalue weighted by molar-refractivity contribution is 6.22. The Morgan fingerprint density at radius 2 is 1.80 bits per heavy atom. The Hall–Kier alpha value is -5.01. The van der Waals surface area contributed by atoms with Crippen molar-refractivity contribution in [2.75, 3.05) is 27.8 Å². The van der Waals surface area contributed by atoms with E-state index in [0.717, 1.165) is 7.11 Å². The standard InChI is InChI=1S/C32H33N3O10/c1-35(2)25-18-11-15-10-17-16(13-5-4-6-14(9-13)31(43)34-19(12-36)32(44)45-3)7-8-20(37)22(17)26(38)21(15)27(39)23(18)28(40)24(29(25)41)30(33)42/h4-9,15,18-19,23,25,36-37,39,41H,10-12H2,1-3H3,(H2,33,42)(H,34,43)/t15-,18+,19?,23?,25?/m0/s1. The molecular formula is C32H33N3O10. The Balaban J connectivity index is 1.58. The molecule has 5 atom stereocenters. The number of benzene rings is 2. The predicted octanol–water partition coefficient (Wildman–Crippen LogP) is 0.936. The number of phenols is 1. The quantitative estimate of drug-likeness (QED) is 0.189. The molecule has 13 nitrogen and oxygen atoms in total. The molecule has 0 saturated carbocycles. The number of aliphatic hydroxyl groups excluding tert-OH is 3. The van der Waals surface area contributed by atoms with Crippen LogP contribution in [-0.2, 0) is 25.5 Å². The predicted molar refractivity (Wildman–Crippen MR) is 158 cm³/mol. The summed E-state index contributed by atoms with van der Waals surface area (Å²) >= 11 is 0. The second-order valence-corrected chi connectivity index (χ2v) is 11.6. The third-order valence-corrected chi connectivity index (χ3v) is 8.86. The molecular weight excluding hydrogens is 586 g/mol. The van der Waals surface area contributed by atoms with Crippen LogP contribution < -0.4 is 11.1 Å². The summed E-state index contributed by atoms with van der Waals surface area (Å²) in [6.07, 6.45) is 0.355. The number of esters is 1. The number of phenolic OH excluding ortho intramolecular Hbond substituents is 1. The molecule has 2 amide bonds. The van der Waals surface area contributed by atoms with Crippen molar-refractivity contribution in [2.24, 2.45) is 23.5 Å². The fourth-order valence-electron chi connectivity index (χ4n) is 6.93. The van der Waals surface area contributed by atoms with Gasteiger partial charge in [-0.15, -0.1) is 0 Å². The summed E-state index contributed by atoms with van der Waals surface area (Å²) in [5.74, 6) is -8.09. The van der Waals surface area contributed by atoms with Gasteiger partial charge in [0.15, 0.2) is 17.6 Å². The maximum absolute atomic E-state index is 14.0. The van der Waals surface area contributed by atoms with E-state index in [-0.39, 0.29) is 35.3 Å². The second kappa shape index (κ2) is 11.8. The first kappa shape index (κ1) is 31.4. The van der Waals surface area contributed by atoms with Crippen LogP contribution in [0, 0.1) is 17.8 Å². The van der Waals surface area contributed by atoms with E-state index in [1.54, 1.807) is 37.2 Å². The molecule has 0 radical (unpaired) electrons. The van der Waals surface area contributed by atoms with Gasteiger partial charge in [-0.05, 0) is 73.7 Å². The molecule has 13 heteroatoms. The van der Waals surface area contributed by atoms with Crippen molar-refractivity contribution in [2.45, 2.75) is 24.9 Å². The van der Waals surface area contributed by atoms with Gasteiger partial charge in [0, 0.05) is 11.1 Å². The van der Waals surface area contributed by atoms with Gasteiger partial charge >= 0.3 is 5.97 Å². The van der Waals surface area contributed by atoms with Crippen molar-refractivity contribution in [3.05, 3.63) is 75.8 Å². The van der Waals surface area contributed by atoms with Crippen molar-refractivity contribution >= 4 is 29.4 Å². The topological polar surface area (TPSA) is 217 Å². The fourth-order valence-corrected chi connectivity index (χ4v) is 6.93. The van der Waals surface area contributed by atoms with Gasteiger partial charge in [0.1, 0.15) is 22.8 Å². The number of fused-ring (bicyclic) bond motifs is 3. The number of likely N-dealkylation sites (N-methyl/N-ethyl adjacent to an activating group) is 1. The number of amides is 2. The zero-order valence-corrected chi connectivity index (χ0v) is 24.7. The van der Waals surface area contributed by atoms with E-state index < -0.39 is 82.9 Å². The molecule has 0 bridgehead atoms. The van der Waals surface area contributed by atoms with E-state index in [2.05, 4.69) is 10.1 Å². The molecule has 0 aliphatic heterocycles. The third kappa shape index (κ3) is 5.13. The molecule has 0 aromatic heterocycles. The lowest BCUT2D eigenvalue weighted by atomic mass is 9.60. The first-order chi connectivity index (χ1) is 21.3. The van der Waals surface area contributed by atoms with E-state index in [9.17, 15) is 44.4 Å². The average molecular weight is 620 g/mol. The first-order valence-electron chi connectivity index (χ1n) is 14.2. The SMILES string of the molecule is COC(=O)C(CO)NC(=O)c1cccc(-c2ccc(O)c3c2C[C@H]2C[C@@H]4C(C(=O)C(C(N)=O)=C(O)C4N(C)C)C(O)=C2C3=O)c1. The summed E-state index contributed by atoms with van der Waals surface area (Å²) in [4.78, 5) is 65.9. The number of Topliss-reactive ketones (excluding diaryl/α,β-unsaturated/α-hetero) is 2. The Labute approximate surface area is 257 Å². The van der Waals surface area contributed by atoms with Crippen LogP contribution in [0.4, 0.5) is 0 Å². The van der Waals surface area contributed by atoms with Crippen LogP contribution in [0.3, 0.4) is 0 Å². The molecule has 2 aromatic carbocycles. The molecule has 3 aliphatic rings. The van der Waals surface area contributed by atoms with Crippen LogP contribution in [-0.4, -0.2) is 94.6 Å². The van der Waals surface area contributed by atoms with Crippen molar-refractivity contribution in [3.63, 3.8) is 0 Å². The second-order valence-electron chi connectivity index (χ2n) is 11.6. The van der Waals surface area contributed by atoms with E-state index in [1.807, 2.05) is 0 Å². The number of nitrogens with zero attached hydrogens (tertiary/aromatic N) is 1. The lowest BCUT2D eigenvalue weighted by Crippen LogP contribution is -2.53. The molecule has 236 valence electrons. The highest BCUT2D eigenvalue weighted by atomic mass is 16.5. The number of nitrogens with one attached hydrogen (secondary N) is 1. The van der Waals surface area contributed by atoms with Gasteiger partial charge in [-0.2, -0.15) is 0 Å². The lowest BCUT2D eigenvalue weighted by Gasteiger charge is -2.46. The number of primary amides is 1. The molecule has 3 unspecified atom stereocenters. The van der Waals surface area contributed by atoms with Crippen LogP contribution in [0.25, 0.3) is 11.1 Å². The summed E-state index contributed by atoms with van der Waals surface area (Å²) in [6, 6.07) is 7.15. The number of hydrogen-bond acceptors (Lipinski definition) is 11. The molecule has 0 fully saturated rings. The van der Waals surface area contributed by atoms with Crippen molar-refractivity contribution in [1.82, 2.24) is 10.2 Å². The zero-order chi connectivity index (χ0) is 32.9. The zero-order valence-electron chi connectivity index (χ0n) is 24.7. The van der Waals surface area contributed by atoms with Crippen LogP contribution in [0.2, 0.25) is 0 Å². The van der Waals surface area contributed by atoms with Crippen LogP contribution in [0.1, 0.15) is 32.7 Å². The van der Waals surface area contributed by atoms with E-state index >= 15 is 0 Å². The molecule has 45 heavy (non-hydrogen) atoms. The Morgan fingerprint density at radius 1 is 1.09 bits per heavy atom. The maximum atomic E-state index is 14.0. The number of ether oxygens (including phenoxy) is 1. The average Bonchev–Trinajstić information content (AvgIpc) is 2.98. The van der Waals surface area contributed by atoms with Crippen molar-refractivity contribution in [3.8, 4) is 16.9 Å². The number of allylic oxidation sites excluding steroid dienone is 2. The number of carbonyl (C=O) groups excluding carboxylic acids is 5. The van der Waals surface area contributed by atoms with E-state index in [4.69, 9.17) is 5.73 Å². The van der Waals surface area contributed by atoms with Gasteiger partial charge in [-0.1, -0.05) is 18.2 Å². The minimum absolute atomic E-state index is 0.0433. The van der Waals surface area contributed by atoms with Gasteiger partial charge < -0.3 is 36.2 Å². The smallest absolute Gasteiger partial charge is 0.330 e. The number of aliphatic hydroxyl groups is 3. The number of hydrogen-bond donors (Lipinski definition) is 6. The normalized spacial score (nSPS) is 23.2. The van der Waals surface area contributed by atoms with E-state index in [0.29, 0.717) is 16.7 Å². The number of ketones is 2. The minimum atomic E-state index is -1.29. The molecule has 0 heterocycles. The third-order valence-electron chi connectivity index (χ3n) is 8.86. The number of aromatic hydroxyl groups is 1. The van der Waals surface area contributed by atoms with Gasteiger partial charge in [0.2, 0.25) is 0 Å². The summed E-state index contributed by atoms with van der Waals surface area (Å²) in [5.41, 5.74) is 6.35. The van der Waals surface area contributed by atoms with Gasteiger partial charge in [0.05, 0.1) is 31.2 Å². The maximum Gasteiger partial charge on any atom is 0.330 e. The number of rotatable bonds is 7. The molecule has 3 aliphatic carbocycles. The number of carbonyl (C=O) groups is 5. The minimum Gasteiger partial charge on any atom is -0.511 e. The molecule has 7 N–H and O–H groups in total. The molecule has 0 saturated heterocycles. The first-order valence-corrected chi connectivity index (χ1v) is 14.2. The van der Waals surface area contributed by atoms with Crippen LogP contribution in [0.5, 0.6) is 5.75 Å². The Bertz CT molecular complexity index is 1710. The Kier molecular flexibility index (Phi) is 8.25. The monoisotopic (exact) mass is 619 g/mol. The van der Waals surface area contributed by atoms with Gasteiger partial charge in [0.25, 0.3) is 11.8 Å². The molecule has 5 rings (SSSR count). The fraction of sp³-hybridized carbons (Fsp3) is 0.344. The van der Waals surface area contributed by atoms with Crippen LogP contribution in [0.15, 0.2) is 59.1 Å². The number of methoxy groups -OCH3 is 1. The van der Waals surface area contributed by atoms with E-state index in [1.165, 1.54) is 18.2 Å². The summed E-state index contributed by atoms with van der Waals surface area (Å²) in [6.45, 7) is -0.671. The van der Waals surface area contributed by atoms with Gasteiger partial charge in [-0.25, -0.2) is 4.79 Å². The van der Waals surface area contributed by atoms with Crippen LogP contribution >= 0.6 is 0 Å². The van der Waals surface area contributed by atoms with Crippen molar-refractivity contribution in [1.29, 1.82) is 0 Å². The molecule has 2 aromatic rings. The summed E-state index contributed by atoms with van der Waals surface area (Å²) in [7, 11) is 4.43. The Morgan fingerprint density at radius 3 is 2.42 bits per heavy atom. The van der Waals surface area contributed by atoms with Crippen molar-refractivity contribution < 1.29 is 49.1 Å². The lowest BCUT2D eigenvalue weighted by molar-refractivity contribution is -0.143. The largest absolute Gasteiger partial charge is 0.511 e.